The average Bonchev–Trinajstić information content (AvgIpc) is 2.81. The molecule has 0 unspecified atom stereocenters. The summed E-state index contributed by atoms with van der Waals surface area (Å²) >= 11 is 1.56. The van der Waals surface area contributed by atoms with Crippen molar-refractivity contribution >= 4 is 22.4 Å². The topological polar surface area (TPSA) is 54.0 Å². The largest absolute Gasteiger partial charge is 0.311 e. The maximum Gasteiger partial charge on any atom is 0.257 e. The minimum atomic E-state index is -0.0981. The van der Waals surface area contributed by atoms with Crippen molar-refractivity contribution in [3.63, 3.8) is 0 Å². The summed E-state index contributed by atoms with van der Waals surface area (Å²) in [4.78, 5) is 17.8. The molecule has 2 N–H and O–H groups in total. The van der Waals surface area contributed by atoms with Gasteiger partial charge in [0, 0.05) is 30.0 Å². The van der Waals surface area contributed by atoms with Gasteiger partial charge in [-0.3, -0.25) is 10.1 Å². The van der Waals surface area contributed by atoms with Gasteiger partial charge >= 0.3 is 0 Å². The van der Waals surface area contributed by atoms with Crippen LogP contribution < -0.4 is 10.6 Å². The molecule has 1 aromatic heterocycles. The van der Waals surface area contributed by atoms with Crippen molar-refractivity contribution in [2.75, 3.05) is 11.9 Å². The van der Waals surface area contributed by atoms with Crippen LogP contribution in [0.25, 0.3) is 0 Å². The van der Waals surface area contributed by atoms with E-state index in [1.807, 2.05) is 31.2 Å². The second-order valence-corrected chi connectivity index (χ2v) is 5.72. The van der Waals surface area contributed by atoms with Crippen molar-refractivity contribution in [1.82, 2.24) is 10.3 Å². The van der Waals surface area contributed by atoms with Crippen LogP contribution >= 0.6 is 11.3 Å². The molecular weight excluding hydrogens is 258 g/mol. The van der Waals surface area contributed by atoms with Crippen LogP contribution in [0.5, 0.6) is 0 Å². The highest BCUT2D eigenvalue weighted by molar-refractivity contribution is 7.15. The molecule has 1 aliphatic heterocycles. The molecule has 0 spiro atoms. The third-order valence-corrected chi connectivity index (χ3v) is 4.15. The highest BCUT2D eigenvalue weighted by Crippen LogP contribution is 2.25. The highest BCUT2D eigenvalue weighted by atomic mass is 32.1. The number of hydrogen-bond acceptors (Lipinski definition) is 4. The Morgan fingerprint density at radius 2 is 2.16 bits per heavy atom. The quantitative estimate of drug-likeness (QED) is 0.883. The Bertz CT molecular complexity index is 580. The van der Waals surface area contributed by atoms with Gasteiger partial charge in [0.15, 0.2) is 5.13 Å². The Hall–Kier alpha value is -1.72. The third-order valence-electron chi connectivity index (χ3n) is 3.14. The van der Waals surface area contributed by atoms with Gasteiger partial charge in [-0.15, -0.1) is 11.3 Å². The van der Waals surface area contributed by atoms with Crippen LogP contribution in [0.15, 0.2) is 24.3 Å². The number of nitrogens with one attached hydrogen (secondary N) is 2. The molecule has 19 heavy (non-hydrogen) atoms. The van der Waals surface area contributed by atoms with Gasteiger partial charge in [0.1, 0.15) is 0 Å². The van der Waals surface area contributed by atoms with Crippen LogP contribution in [0.2, 0.25) is 0 Å². The third kappa shape index (κ3) is 2.67. The fourth-order valence-corrected chi connectivity index (χ4v) is 3.03. The van der Waals surface area contributed by atoms with Gasteiger partial charge in [0.2, 0.25) is 0 Å². The molecule has 1 aromatic carbocycles. The number of thiazole rings is 1. The van der Waals surface area contributed by atoms with Gasteiger partial charge in [0.25, 0.3) is 5.91 Å². The Morgan fingerprint density at radius 3 is 2.89 bits per heavy atom. The summed E-state index contributed by atoms with van der Waals surface area (Å²) < 4.78 is 0. The number of rotatable bonds is 2. The Balaban J connectivity index is 1.75. The van der Waals surface area contributed by atoms with E-state index in [0.717, 1.165) is 30.8 Å². The molecule has 1 aliphatic rings. The van der Waals surface area contributed by atoms with E-state index < -0.39 is 0 Å². The number of benzene rings is 1. The van der Waals surface area contributed by atoms with Crippen molar-refractivity contribution in [2.45, 2.75) is 19.9 Å². The average molecular weight is 273 g/mol. The van der Waals surface area contributed by atoms with Crippen molar-refractivity contribution in [3.05, 3.63) is 46.0 Å². The number of nitrogens with zero attached hydrogens (tertiary/aromatic N) is 1. The molecule has 0 radical (unpaired) electrons. The summed E-state index contributed by atoms with van der Waals surface area (Å²) in [6.07, 6.45) is 0.937. The fraction of sp³-hybridized carbons (Fsp3) is 0.286. The summed E-state index contributed by atoms with van der Waals surface area (Å²) in [5.74, 6) is -0.0981. The zero-order chi connectivity index (χ0) is 13.2. The van der Waals surface area contributed by atoms with Crippen LogP contribution in [-0.2, 0) is 13.0 Å². The van der Waals surface area contributed by atoms with Crippen LogP contribution in [0, 0.1) is 6.92 Å². The lowest BCUT2D eigenvalue weighted by Crippen LogP contribution is -2.22. The molecule has 0 saturated heterocycles. The smallest absolute Gasteiger partial charge is 0.257 e. The van der Waals surface area contributed by atoms with E-state index in [1.54, 1.807) is 11.3 Å². The van der Waals surface area contributed by atoms with Gasteiger partial charge in [0.05, 0.1) is 5.69 Å². The summed E-state index contributed by atoms with van der Waals surface area (Å²) in [5, 5.41) is 6.87. The Labute approximate surface area is 115 Å². The standard InChI is InChI=1S/C14H15N3OS/c1-9-2-4-10(5-3-9)13(18)17-14-16-11-6-7-15-8-12(11)19-14/h2-5,15H,6-8H2,1H3,(H,16,17,18). The van der Waals surface area contributed by atoms with E-state index in [9.17, 15) is 4.79 Å². The predicted molar refractivity (Wildman–Crippen MR) is 76.7 cm³/mol. The molecule has 0 aliphatic carbocycles. The number of hydrogen-bond donors (Lipinski definition) is 2. The van der Waals surface area contributed by atoms with E-state index in [-0.39, 0.29) is 5.91 Å². The normalized spacial score (nSPS) is 13.9. The van der Waals surface area contributed by atoms with E-state index in [4.69, 9.17) is 0 Å². The van der Waals surface area contributed by atoms with Gasteiger partial charge in [-0.2, -0.15) is 0 Å². The molecule has 98 valence electrons. The zero-order valence-electron chi connectivity index (χ0n) is 10.7. The maximum absolute atomic E-state index is 12.1. The molecule has 2 aromatic rings. The number of aromatic nitrogens is 1. The molecule has 2 heterocycles. The van der Waals surface area contributed by atoms with Crippen LogP contribution in [0.3, 0.4) is 0 Å². The minimum absolute atomic E-state index is 0.0981. The first-order valence-corrected chi connectivity index (χ1v) is 7.11. The lowest BCUT2D eigenvalue weighted by Gasteiger charge is -2.09. The molecule has 4 nitrogen and oxygen atoms in total. The summed E-state index contributed by atoms with van der Waals surface area (Å²) in [6, 6.07) is 7.54. The van der Waals surface area contributed by atoms with Crippen LogP contribution in [0.4, 0.5) is 5.13 Å². The monoisotopic (exact) mass is 273 g/mol. The molecule has 0 atom stereocenters. The number of carbonyl (C=O) groups is 1. The number of aryl methyl sites for hydroxylation is 1. The van der Waals surface area contributed by atoms with Crippen molar-refractivity contribution in [3.8, 4) is 0 Å². The number of fused-ring (bicyclic) bond motifs is 1. The first-order valence-electron chi connectivity index (χ1n) is 6.30. The van der Waals surface area contributed by atoms with E-state index in [2.05, 4.69) is 15.6 Å². The van der Waals surface area contributed by atoms with Gasteiger partial charge in [-0.25, -0.2) is 4.98 Å². The maximum atomic E-state index is 12.1. The Kier molecular flexibility index (Phi) is 3.31. The molecule has 3 rings (SSSR count). The van der Waals surface area contributed by atoms with E-state index in [0.29, 0.717) is 10.7 Å². The minimum Gasteiger partial charge on any atom is -0.311 e. The van der Waals surface area contributed by atoms with Gasteiger partial charge < -0.3 is 5.32 Å². The molecule has 0 saturated carbocycles. The van der Waals surface area contributed by atoms with Crippen molar-refractivity contribution in [1.29, 1.82) is 0 Å². The second kappa shape index (κ2) is 5.11. The number of carbonyl (C=O) groups excluding carboxylic acids is 1. The summed E-state index contributed by atoms with van der Waals surface area (Å²) in [5.41, 5.74) is 2.92. The van der Waals surface area contributed by atoms with E-state index in [1.165, 1.54) is 4.88 Å². The fourth-order valence-electron chi connectivity index (χ4n) is 2.05. The number of anilines is 1. The second-order valence-electron chi connectivity index (χ2n) is 4.64. The van der Waals surface area contributed by atoms with Crippen molar-refractivity contribution in [2.24, 2.45) is 0 Å². The highest BCUT2D eigenvalue weighted by Gasteiger charge is 2.16. The predicted octanol–water partition coefficient (Wildman–Crippen LogP) is 2.35. The van der Waals surface area contributed by atoms with Crippen LogP contribution in [-0.4, -0.2) is 17.4 Å². The first kappa shape index (κ1) is 12.3. The molecular formula is C14H15N3OS. The molecule has 5 heteroatoms. The lowest BCUT2D eigenvalue weighted by atomic mass is 10.1. The number of amides is 1. The van der Waals surface area contributed by atoms with Crippen LogP contribution in [0.1, 0.15) is 26.5 Å². The van der Waals surface area contributed by atoms with Gasteiger partial charge in [-0.05, 0) is 19.1 Å². The Morgan fingerprint density at radius 1 is 1.37 bits per heavy atom. The molecule has 0 fully saturated rings. The van der Waals surface area contributed by atoms with Crippen molar-refractivity contribution < 1.29 is 4.79 Å². The summed E-state index contributed by atoms with van der Waals surface area (Å²) in [7, 11) is 0. The summed E-state index contributed by atoms with van der Waals surface area (Å²) in [6.45, 7) is 3.82. The van der Waals surface area contributed by atoms with Gasteiger partial charge in [-0.1, -0.05) is 17.7 Å². The molecule has 0 bridgehead atoms. The SMILES string of the molecule is Cc1ccc(C(=O)Nc2nc3c(s2)CNCC3)cc1. The lowest BCUT2D eigenvalue weighted by molar-refractivity contribution is 0.102. The molecule has 1 amide bonds. The van der Waals surface area contributed by atoms with E-state index >= 15 is 0 Å². The first-order chi connectivity index (χ1) is 9.22. The zero-order valence-corrected chi connectivity index (χ0v) is 11.5.